The van der Waals surface area contributed by atoms with Gasteiger partial charge in [-0.05, 0) is 30.5 Å². The monoisotopic (exact) mass is 310 g/mol. The molecular weight excluding hydrogens is 284 g/mol. The molecule has 0 aliphatic heterocycles. The first kappa shape index (κ1) is 17.2. The Hall–Kier alpha value is -2.16. The predicted octanol–water partition coefficient (Wildman–Crippen LogP) is 4.61. The van der Waals surface area contributed by atoms with Crippen molar-refractivity contribution in [2.24, 2.45) is 5.92 Å². The van der Waals surface area contributed by atoms with E-state index < -0.39 is 0 Å². The van der Waals surface area contributed by atoms with Crippen LogP contribution in [0.2, 0.25) is 0 Å². The third-order valence-electron chi connectivity index (χ3n) is 4.18. The second-order valence-corrected chi connectivity index (χ2v) is 6.18. The number of carbonyl (C=O) groups is 1. The quantitative estimate of drug-likeness (QED) is 0.731. The van der Waals surface area contributed by atoms with Gasteiger partial charge in [-0.3, -0.25) is 9.78 Å². The molecule has 23 heavy (non-hydrogen) atoms. The average Bonchev–Trinajstić information content (AvgIpc) is 2.59. The summed E-state index contributed by atoms with van der Waals surface area (Å²) in [5, 5.41) is 0. The summed E-state index contributed by atoms with van der Waals surface area (Å²) in [5.74, 6) is 0.0370. The Kier molecular flexibility index (Phi) is 5.54. The molecule has 3 heteroatoms. The maximum atomic E-state index is 12.4. The van der Waals surface area contributed by atoms with Crippen LogP contribution < -0.4 is 4.90 Å². The zero-order valence-electron chi connectivity index (χ0n) is 14.8. The highest BCUT2D eigenvalue weighted by Crippen LogP contribution is 2.28. The molecule has 0 amide bonds. The molecule has 0 bridgehead atoms. The van der Waals surface area contributed by atoms with Gasteiger partial charge in [-0.25, -0.2) is 0 Å². The predicted molar refractivity (Wildman–Crippen MR) is 97.2 cm³/mol. The van der Waals surface area contributed by atoms with Crippen LogP contribution in [0.3, 0.4) is 0 Å². The van der Waals surface area contributed by atoms with Gasteiger partial charge < -0.3 is 4.90 Å². The van der Waals surface area contributed by atoms with E-state index >= 15 is 0 Å². The lowest BCUT2D eigenvalue weighted by Crippen LogP contribution is -2.21. The highest BCUT2D eigenvalue weighted by Gasteiger charge is 2.19. The molecule has 0 fully saturated rings. The van der Waals surface area contributed by atoms with Crippen molar-refractivity contribution in [3.8, 4) is 11.1 Å². The van der Waals surface area contributed by atoms with Crippen LogP contribution in [0.1, 0.15) is 43.7 Å². The van der Waals surface area contributed by atoms with Gasteiger partial charge in [0.15, 0.2) is 5.78 Å². The summed E-state index contributed by atoms with van der Waals surface area (Å²) in [6.07, 6.45) is 2.82. The number of aryl methyl sites for hydroxylation is 1. The number of Topliss-reactive ketones (excluding diaryl/α,β-unsaturated/α-hetero) is 1. The third-order valence-corrected chi connectivity index (χ3v) is 4.18. The highest BCUT2D eigenvalue weighted by atomic mass is 16.1. The van der Waals surface area contributed by atoms with Gasteiger partial charge in [0.25, 0.3) is 0 Å². The van der Waals surface area contributed by atoms with Crippen LogP contribution in [0.4, 0.5) is 5.69 Å². The van der Waals surface area contributed by atoms with E-state index in [4.69, 9.17) is 0 Å². The number of pyridine rings is 1. The van der Waals surface area contributed by atoms with Crippen LogP contribution in [0.15, 0.2) is 36.5 Å². The van der Waals surface area contributed by atoms with E-state index in [2.05, 4.69) is 54.1 Å². The molecule has 0 unspecified atom stereocenters. The van der Waals surface area contributed by atoms with Gasteiger partial charge in [0, 0.05) is 31.3 Å². The van der Waals surface area contributed by atoms with E-state index in [0.717, 1.165) is 29.8 Å². The zero-order chi connectivity index (χ0) is 17.0. The van der Waals surface area contributed by atoms with Gasteiger partial charge in [-0.15, -0.1) is 0 Å². The van der Waals surface area contributed by atoms with Crippen molar-refractivity contribution in [1.82, 2.24) is 4.98 Å². The minimum Gasteiger partial charge on any atom is -0.373 e. The second-order valence-electron chi connectivity index (χ2n) is 6.18. The van der Waals surface area contributed by atoms with Gasteiger partial charge >= 0.3 is 0 Å². The molecule has 2 rings (SSSR count). The van der Waals surface area contributed by atoms with Crippen molar-refractivity contribution >= 4 is 11.5 Å². The van der Waals surface area contributed by atoms with Crippen LogP contribution in [-0.2, 0) is 6.42 Å². The molecule has 1 heterocycles. The number of rotatable bonds is 6. The first-order valence-corrected chi connectivity index (χ1v) is 8.32. The number of carbonyl (C=O) groups excluding carboxylic acids is 1. The van der Waals surface area contributed by atoms with E-state index in [-0.39, 0.29) is 11.7 Å². The Labute approximate surface area is 139 Å². The number of hydrogen-bond donors (Lipinski definition) is 0. The molecule has 0 N–H and O–H groups in total. The second kappa shape index (κ2) is 7.40. The van der Waals surface area contributed by atoms with Gasteiger partial charge in [-0.2, -0.15) is 0 Å². The summed E-state index contributed by atoms with van der Waals surface area (Å²) in [7, 11) is 2.00. The lowest BCUT2D eigenvalue weighted by Gasteiger charge is -2.21. The van der Waals surface area contributed by atoms with Gasteiger partial charge in [0.2, 0.25) is 0 Å². The molecule has 0 atom stereocenters. The van der Waals surface area contributed by atoms with E-state index in [1.165, 1.54) is 5.56 Å². The number of aromatic nitrogens is 1. The molecule has 2 aromatic rings. The van der Waals surface area contributed by atoms with Crippen LogP contribution >= 0.6 is 0 Å². The number of hydrogen-bond acceptors (Lipinski definition) is 3. The summed E-state index contributed by atoms with van der Waals surface area (Å²) in [6, 6.07) is 10.6. The van der Waals surface area contributed by atoms with Crippen LogP contribution in [0, 0.1) is 5.92 Å². The molecule has 0 saturated carbocycles. The maximum Gasteiger partial charge on any atom is 0.185 e. The first-order chi connectivity index (χ1) is 11.0. The fourth-order valence-corrected chi connectivity index (χ4v) is 2.51. The first-order valence-electron chi connectivity index (χ1n) is 8.32. The van der Waals surface area contributed by atoms with Crippen molar-refractivity contribution in [1.29, 1.82) is 0 Å². The van der Waals surface area contributed by atoms with Gasteiger partial charge in [-0.1, -0.05) is 45.0 Å². The van der Waals surface area contributed by atoms with Crippen molar-refractivity contribution in [3.63, 3.8) is 0 Å². The highest BCUT2D eigenvalue weighted by molar-refractivity contribution is 6.01. The number of benzene rings is 1. The topological polar surface area (TPSA) is 33.2 Å². The lowest BCUT2D eigenvalue weighted by molar-refractivity contribution is 0.0935. The van der Waals surface area contributed by atoms with Crippen LogP contribution in [0.5, 0.6) is 0 Å². The van der Waals surface area contributed by atoms with Crippen molar-refractivity contribution in [3.05, 3.63) is 47.8 Å². The minimum absolute atomic E-state index is 0.0548. The Morgan fingerprint density at radius 1 is 1.17 bits per heavy atom. The van der Waals surface area contributed by atoms with E-state index in [0.29, 0.717) is 5.69 Å². The molecule has 3 nitrogen and oxygen atoms in total. The van der Waals surface area contributed by atoms with Crippen molar-refractivity contribution < 1.29 is 4.79 Å². The summed E-state index contributed by atoms with van der Waals surface area (Å²) >= 11 is 0. The van der Waals surface area contributed by atoms with Crippen molar-refractivity contribution in [2.75, 3.05) is 18.5 Å². The van der Waals surface area contributed by atoms with E-state index in [1.54, 1.807) is 0 Å². The lowest BCUT2D eigenvalue weighted by atomic mass is 9.99. The molecular formula is C20H26N2O. The molecule has 0 saturated heterocycles. The number of nitrogens with zero attached hydrogens (tertiary/aromatic N) is 2. The summed E-state index contributed by atoms with van der Waals surface area (Å²) in [6.45, 7) is 8.89. The summed E-state index contributed by atoms with van der Waals surface area (Å²) < 4.78 is 0. The molecule has 0 aliphatic rings. The number of ketones is 1. The Morgan fingerprint density at radius 3 is 2.52 bits per heavy atom. The minimum atomic E-state index is -0.0548. The third kappa shape index (κ3) is 3.79. The normalized spacial score (nSPS) is 10.9. The SMILES string of the molecule is CCc1cccc(-c2cnc(C(=O)C(C)C)c(N(C)CC)c2)c1. The number of anilines is 1. The molecule has 1 aromatic heterocycles. The Balaban J connectivity index is 2.53. The van der Waals surface area contributed by atoms with Gasteiger partial charge in [0.1, 0.15) is 5.69 Å². The largest absolute Gasteiger partial charge is 0.373 e. The molecule has 1 aromatic carbocycles. The molecule has 0 radical (unpaired) electrons. The standard InChI is InChI=1S/C20H26N2O/c1-6-15-9-8-10-16(11-15)17-12-18(22(5)7-2)19(21-13-17)20(23)14(3)4/h8-14H,6-7H2,1-5H3. The molecule has 0 aliphatic carbocycles. The van der Waals surface area contributed by atoms with Crippen LogP contribution in [0.25, 0.3) is 11.1 Å². The maximum absolute atomic E-state index is 12.4. The molecule has 122 valence electrons. The van der Waals surface area contributed by atoms with E-state index in [9.17, 15) is 4.79 Å². The average molecular weight is 310 g/mol. The Bertz CT molecular complexity index is 692. The molecule has 0 spiro atoms. The summed E-state index contributed by atoms with van der Waals surface area (Å²) in [5.41, 5.74) is 4.97. The van der Waals surface area contributed by atoms with Crippen molar-refractivity contribution in [2.45, 2.75) is 34.1 Å². The zero-order valence-corrected chi connectivity index (χ0v) is 14.8. The smallest absolute Gasteiger partial charge is 0.185 e. The fourth-order valence-electron chi connectivity index (χ4n) is 2.51. The van der Waals surface area contributed by atoms with Crippen LogP contribution in [-0.4, -0.2) is 24.4 Å². The fraction of sp³-hybridized carbons (Fsp3) is 0.400. The summed E-state index contributed by atoms with van der Waals surface area (Å²) in [4.78, 5) is 19.0. The van der Waals surface area contributed by atoms with Gasteiger partial charge in [0.05, 0.1) is 5.69 Å². The van der Waals surface area contributed by atoms with E-state index in [1.807, 2.05) is 27.1 Å². The Morgan fingerprint density at radius 2 is 1.91 bits per heavy atom.